The average Bonchev–Trinajstić information content (AvgIpc) is 2.81. The summed E-state index contributed by atoms with van der Waals surface area (Å²) in [6, 6.07) is 20.9. The minimum Gasteiger partial charge on any atom is -0.325 e. The van der Waals surface area contributed by atoms with Gasteiger partial charge < -0.3 is 5.32 Å². The molecule has 0 atom stereocenters. The number of para-hydroxylation sites is 1. The van der Waals surface area contributed by atoms with Gasteiger partial charge in [0.2, 0.25) is 5.91 Å². The van der Waals surface area contributed by atoms with Gasteiger partial charge in [0.15, 0.2) is 5.78 Å². The molecule has 1 aromatic heterocycles. The zero-order valence-corrected chi connectivity index (χ0v) is 18.4. The number of carbonyl (C=O) groups excluding carboxylic acids is 2. The van der Waals surface area contributed by atoms with E-state index in [0.29, 0.717) is 22.2 Å². The molecule has 0 fully saturated rings. The molecule has 0 spiro atoms. The molecule has 0 saturated carbocycles. The Hall–Kier alpha value is -4.26. The lowest BCUT2D eigenvalue weighted by Crippen LogP contribution is -2.42. The average molecular weight is 441 g/mol. The third-order valence-electron chi connectivity index (χ3n) is 5.45. The van der Waals surface area contributed by atoms with Gasteiger partial charge in [-0.15, -0.1) is 0 Å². The zero-order valence-electron chi connectivity index (χ0n) is 18.4. The van der Waals surface area contributed by atoms with Crippen LogP contribution in [0.5, 0.6) is 0 Å². The number of hydrogen-bond donors (Lipinski definition) is 1. The maximum absolute atomic E-state index is 13.3. The van der Waals surface area contributed by atoms with E-state index >= 15 is 0 Å². The van der Waals surface area contributed by atoms with Gasteiger partial charge in [-0.25, -0.2) is 4.79 Å². The van der Waals surface area contributed by atoms with Gasteiger partial charge in [-0.3, -0.25) is 23.5 Å². The smallest absolute Gasteiger partial charge is 0.325 e. The molecule has 3 aromatic carbocycles. The number of amides is 1. The molecule has 4 rings (SSSR count). The van der Waals surface area contributed by atoms with Crippen molar-refractivity contribution in [3.8, 4) is 0 Å². The molecule has 0 aliphatic carbocycles. The summed E-state index contributed by atoms with van der Waals surface area (Å²) in [6.07, 6.45) is 0. The highest BCUT2D eigenvalue weighted by atomic mass is 16.2. The number of rotatable bonds is 6. The fraction of sp³-hybridized carbons (Fsp3) is 0.154. The molecule has 0 saturated heterocycles. The Bertz CT molecular complexity index is 1480. The monoisotopic (exact) mass is 441 g/mol. The number of Topliss-reactive ketones (excluding diaryl/α,β-unsaturated/α-hetero) is 1. The van der Waals surface area contributed by atoms with Gasteiger partial charge in [-0.1, -0.05) is 54.1 Å². The van der Waals surface area contributed by atoms with E-state index in [0.717, 1.165) is 15.7 Å². The number of nitrogens with one attached hydrogen (secondary N) is 1. The lowest BCUT2D eigenvalue weighted by Gasteiger charge is -2.14. The van der Waals surface area contributed by atoms with Gasteiger partial charge >= 0.3 is 5.69 Å². The van der Waals surface area contributed by atoms with Crippen LogP contribution in [0.15, 0.2) is 82.4 Å². The topological polar surface area (TPSA) is 90.2 Å². The second-order valence-electron chi connectivity index (χ2n) is 7.95. The van der Waals surface area contributed by atoms with E-state index < -0.39 is 17.2 Å². The largest absolute Gasteiger partial charge is 0.332 e. The third-order valence-corrected chi connectivity index (χ3v) is 5.45. The van der Waals surface area contributed by atoms with Gasteiger partial charge in [0.05, 0.1) is 17.4 Å². The molecule has 166 valence electrons. The number of ketones is 1. The SMILES string of the molecule is CC(=O)c1cccc(NC(=O)Cn2c(=O)n(Cc3ccc(C)cc3)c(=O)c3ccccc32)c1. The quantitative estimate of drug-likeness (QED) is 0.465. The first-order valence-electron chi connectivity index (χ1n) is 10.5. The second kappa shape index (κ2) is 9.08. The van der Waals surface area contributed by atoms with Gasteiger partial charge in [0.25, 0.3) is 5.56 Å². The van der Waals surface area contributed by atoms with Crippen molar-refractivity contribution in [1.29, 1.82) is 0 Å². The molecule has 0 aliphatic heterocycles. The van der Waals surface area contributed by atoms with Crippen molar-refractivity contribution in [3.63, 3.8) is 0 Å². The number of carbonyl (C=O) groups is 2. The van der Waals surface area contributed by atoms with Crippen molar-refractivity contribution in [2.75, 3.05) is 5.32 Å². The van der Waals surface area contributed by atoms with Crippen molar-refractivity contribution >= 4 is 28.3 Å². The van der Waals surface area contributed by atoms with Crippen LogP contribution in [-0.2, 0) is 17.9 Å². The maximum atomic E-state index is 13.3. The summed E-state index contributed by atoms with van der Waals surface area (Å²) in [5.74, 6) is -0.556. The van der Waals surface area contributed by atoms with Crippen LogP contribution in [0.4, 0.5) is 5.69 Å². The normalized spacial score (nSPS) is 10.8. The number of anilines is 1. The van der Waals surface area contributed by atoms with Gasteiger partial charge in [0, 0.05) is 11.3 Å². The summed E-state index contributed by atoms with van der Waals surface area (Å²) in [6.45, 7) is 3.23. The van der Waals surface area contributed by atoms with E-state index in [1.807, 2.05) is 31.2 Å². The predicted molar refractivity (Wildman–Crippen MR) is 128 cm³/mol. The Morgan fingerprint density at radius 3 is 2.33 bits per heavy atom. The molecule has 0 aliphatic rings. The van der Waals surface area contributed by atoms with Crippen molar-refractivity contribution in [3.05, 3.63) is 110 Å². The Balaban J connectivity index is 1.72. The minimum atomic E-state index is -0.563. The highest BCUT2D eigenvalue weighted by Crippen LogP contribution is 2.13. The van der Waals surface area contributed by atoms with Crippen molar-refractivity contribution in [2.45, 2.75) is 26.9 Å². The summed E-state index contributed by atoms with van der Waals surface area (Å²) in [5, 5.41) is 3.09. The van der Waals surface area contributed by atoms with E-state index in [-0.39, 0.29) is 18.9 Å². The van der Waals surface area contributed by atoms with Crippen LogP contribution >= 0.6 is 0 Å². The van der Waals surface area contributed by atoms with Crippen LogP contribution in [0.1, 0.15) is 28.4 Å². The molecule has 7 nitrogen and oxygen atoms in total. The lowest BCUT2D eigenvalue weighted by atomic mass is 10.1. The highest BCUT2D eigenvalue weighted by Gasteiger charge is 2.16. The number of hydrogen-bond acceptors (Lipinski definition) is 4. The third kappa shape index (κ3) is 4.67. The second-order valence-corrected chi connectivity index (χ2v) is 7.95. The van der Waals surface area contributed by atoms with E-state index in [4.69, 9.17) is 0 Å². The summed E-state index contributed by atoms with van der Waals surface area (Å²) in [4.78, 5) is 50.8. The molecular formula is C26H23N3O4. The molecule has 1 N–H and O–H groups in total. The summed E-state index contributed by atoms with van der Waals surface area (Å²) >= 11 is 0. The van der Waals surface area contributed by atoms with Gasteiger partial charge in [0.1, 0.15) is 6.54 Å². The zero-order chi connectivity index (χ0) is 23.5. The fourth-order valence-corrected chi connectivity index (χ4v) is 3.70. The van der Waals surface area contributed by atoms with Crippen LogP contribution in [0, 0.1) is 6.92 Å². The van der Waals surface area contributed by atoms with E-state index in [1.54, 1.807) is 48.5 Å². The number of fused-ring (bicyclic) bond motifs is 1. The number of aromatic nitrogens is 2. The maximum Gasteiger partial charge on any atom is 0.332 e. The molecule has 33 heavy (non-hydrogen) atoms. The van der Waals surface area contributed by atoms with E-state index in [1.165, 1.54) is 11.5 Å². The first kappa shape index (κ1) is 22.0. The van der Waals surface area contributed by atoms with E-state index in [2.05, 4.69) is 5.32 Å². The molecule has 1 amide bonds. The van der Waals surface area contributed by atoms with Crippen molar-refractivity contribution < 1.29 is 9.59 Å². The Kier molecular flexibility index (Phi) is 6.04. The molecule has 0 unspecified atom stereocenters. The van der Waals surface area contributed by atoms with Crippen molar-refractivity contribution in [1.82, 2.24) is 9.13 Å². The minimum absolute atomic E-state index is 0.102. The molecule has 0 radical (unpaired) electrons. The van der Waals surface area contributed by atoms with Crippen LogP contribution < -0.4 is 16.6 Å². The Morgan fingerprint density at radius 1 is 0.879 bits per heavy atom. The molecule has 1 heterocycles. The van der Waals surface area contributed by atoms with Crippen LogP contribution in [0.25, 0.3) is 10.9 Å². The number of nitrogens with zero attached hydrogens (tertiary/aromatic N) is 2. The highest BCUT2D eigenvalue weighted by molar-refractivity contribution is 5.97. The van der Waals surface area contributed by atoms with Crippen LogP contribution in [0.2, 0.25) is 0 Å². The molecule has 7 heteroatoms. The Morgan fingerprint density at radius 2 is 1.61 bits per heavy atom. The first-order chi connectivity index (χ1) is 15.8. The van der Waals surface area contributed by atoms with Crippen LogP contribution in [-0.4, -0.2) is 20.8 Å². The van der Waals surface area contributed by atoms with Crippen molar-refractivity contribution in [2.24, 2.45) is 0 Å². The fourth-order valence-electron chi connectivity index (χ4n) is 3.70. The summed E-state index contributed by atoms with van der Waals surface area (Å²) in [5.41, 5.74) is 2.24. The number of aryl methyl sites for hydroxylation is 1. The standard InChI is InChI=1S/C26H23N3O4/c1-17-10-12-19(13-11-17)15-29-25(32)22-8-3-4-9-23(22)28(26(29)33)16-24(31)27-21-7-5-6-20(14-21)18(2)30/h3-14H,15-16H2,1-2H3,(H,27,31). The summed E-state index contributed by atoms with van der Waals surface area (Å²) < 4.78 is 2.45. The predicted octanol–water partition coefficient (Wildman–Crippen LogP) is 3.36. The summed E-state index contributed by atoms with van der Waals surface area (Å²) in [7, 11) is 0. The van der Waals surface area contributed by atoms with Crippen LogP contribution in [0.3, 0.4) is 0 Å². The Labute approximate surface area is 189 Å². The van der Waals surface area contributed by atoms with Gasteiger partial charge in [-0.05, 0) is 43.7 Å². The number of benzene rings is 3. The lowest BCUT2D eigenvalue weighted by molar-refractivity contribution is -0.116. The molecule has 4 aromatic rings. The first-order valence-corrected chi connectivity index (χ1v) is 10.5. The molecule has 0 bridgehead atoms. The van der Waals surface area contributed by atoms with E-state index in [9.17, 15) is 19.2 Å². The van der Waals surface area contributed by atoms with Gasteiger partial charge in [-0.2, -0.15) is 0 Å². The molecular weight excluding hydrogens is 418 g/mol.